The molecule has 3 amide bonds. The quantitative estimate of drug-likeness (QED) is 0.623. The van der Waals surface area contributed by atoms with Crippen molar-refractivity contribution in [2.75, 3.05) is 27.2 Å². The molecule has 0 saturated heterocycles. The van der Waals surface area contributed by atoms with Gasteiger partial charge < -0.3 is 15.5 Å². The number of unbranched alkanes of at least 4 members (excludes halogenated alkanes) is 1. The fourth-order valence-corrected chi connectivity index (χ4v) is 0.873. The van der Waals surface area contributed by atoms with Crippen molar-refractivity contribution in [3.05, 3.63) is 0 Å². The lowest BCUT2D eigenvalue weighted by molar-refractivity contribution is -0.120. The molecule has 0 aliphatic carbocycles. The van der Waals surface area contributed by atoms with Gasteiger partial charge >= 0.3 is 6.03 Å². The van der Waals surface area contributed by atoms with Crippen molar-refractivity contribution >= 4 is 11.9 Å². The third-order valence-electron chi connectivity index (χ3n) is 1.81. The smallest absolute Gasteiger partial charge is 0.317 e. The number of carbonyl (C=O) groups is 2. The largest absolute Gasteiger partial charge is 0.358 e. The molecule has 5 heteroatoms. The molecule has 14 heavy (non-hydrogen) atoms. The Balaban J connectivity index is 3.70. The number of rotatable bonds is 5. The molecule has 0 saturated carbocycles. The molecule has 0 bridgehead atoms. The lowest BCUT2D eigenvalue weighted by atomic mass is 10.3. The Bertz CT molecular complexity index is 194. The van der Waals surface area contributed by atoms with Crippen LogP contribution in [0.2, 0.25) is 0 Å². The van der Waals surface area contributed by atoms with Crippen molar-refractivity contribution < 1.29 is 9.59 Å². The molecule has 0 aromatic rings. The normalized spacial score (nSPS) is 9.36. The second-order valence-electron chi connectivity index (χ2n) is 3.11. The topological polar surface area (TPSA) is 61.4 Å². The highest BCUT2D eigenvalue weighted by Gasteiger charge is 2.10. The predicted molar refractivity (Wildman–Crippen MR) is 55.0 cm³/mol. The van der Waals surface area contributed by atoms with Crippen LogP contribution in [0, 0.1) is 0 Å². The van der Waals surface area contributed by atoms with Gasteiger partial charge in [0.2, 0.25) is 5.91 Å². The van der Waals surface area contributed by atoms with Gasteiger partial charge in [-0.05, 0) is 6.42 Å². The second kappa shape index (κ2) is 7.17. The third-order valence-corrected chi connectivity index (χ3v) is 1.81. The molecule has 0 atom stereocenters. The highest BCUT2D eigenvalue weighted by Crippen LogP contribution is 1.87. The molecule has 82 valence electrons. The summed E-state index contributed by atoms with van der Waals surface area (Å²) in [7, 11) is 3.14. The van der Waals surface area contributed by atoms with Crippen LogP contribution < -0.4 is 10.6 Å². The molecule has 0 fully saturated rings. The number of carbonyl (C=O) groups excluding carboxylic acids is 2. The zero-order valence-corrected chi connectivity index (χ0v) is 9.09. The highest BCUT2D eigenvalue weighted by molar-refractivity contribution is 5.83. The van der Waals surface area contributed by atoms with Crippen molar-refractivity contribution in [1.29, 1.82) is 0 Å². The van der Waals surface area contributed by atoms with E-state index in [9.17, 15) is 9.59 Å². The Morgan fingerprint density at radius 1 is 1.36 bits per heavy atom. The number of nitrogens with one attached hydrogen (secondary N) is 2. The predicted octanol–water partition coefficient (Wildman–Crippen LogP) is 0.174. The number of nitrogens with zero attached hydrogens (tertiary/aromatic N) is 1. The van der Waals surface area contributed by atoms with E-state index >= 15 is 0 Å². The van der Waals surface area contributed by atoms with E-state index in [1.54, 1.807) is 14.1 Å². The van der Waals surface area contributed by atoms with Gasteiger partial charge in [-0.1, -0.05) is 13.3 Å². The van der Waals surface area contributed by atoms with Crippen LogP contribution in [0.15, 0.2) is 0 Å². The van der Waals surface area contributed by atoms with E-state index in [1.165, 1.54) is 4.90 Å². The Kier molecular flexibility index (Phi) is 6.53. The van der Waals surface area contributed by atoms with Crippen molar-refractivity contribution in [1.82, 2.24) is 15.5 Å². The van der Waals surface area contributed by atoms with Crippen LogP contribution in [0.4, 0.5) is 4.79 Å². The van der Waals surface area contributed by atoms with Crippen molar-refractivity contribution in [2.45, 2.75) is 19.8 Å². The average molecular weight is 201 g/mol. The summed E-state index contributed by atoms with van der Waals surface area (Å²) in [4.78, 5) is 23.6. The second-order valence-corrected chi connectivity index (χ2v) is 3.11. The molecule has 2 N–H and O–H groups in total. The maximum atomic E-state index is 11.3. The van der Waals surface area contributed by atoms with Crippen LogP contribution in [-0.2, 0) is 4.79 Å². The van der Waals surface area contributed by atoms with Gasteiger partial charge in [-0.3, -0.25) is 4.79 Å². The van der Waals surface area contributed by atoms with E-state index in [0.29, 0.717) is 6.54 Å². The molecule has 0 unspecified atom stereocenters. The zero-order valence-electron chi connectivity index (χ0n) is 9.09. The number of amides is 3. The molecule has 0 rings (SSSR count). The molecule has 5 nitrogen and oxygen atoms in total. The minimum absolute atomic E-state index is 0.0917. The summed E-state index contributed by atoms with van der Waals surface area (Å²) in [6.07, 6.45) is 2.00. The van der Waals surface area contributed by atoms with E-state index in [1.807, 2.05) is 0 Å². The van der Waals surface area contributed by atoms with Gasteiger partial charge in [0.1, 0.15) is 6.54 Å². The van der Waals surface area contributed by atoms with Crippen LogP contribution in [0.1, 0.15) is 19.8 Å². The van der Waals surface area contributed by atoms with E-state index in [0.717, 1.165) is 12.8 Å². The first kappa shape index (κ1) is 12.7. The van der Waals surface area contributed by atoms with Gasteiger partial charge in [-0.15, -0.1) is 0 Å². The fraction of sp³-hybridized carbons (Fsp3) is 0.778. The van der Waals surface area contributed by atoms with E-state index in [4.69, 9.17) is 0 Å². The van der Waals surface area contributed by atoms with Crippen molar-refractivity contribution in [3.8, 4) is 0 Å². The molecule has 0 aromatic carbocycles. The van der Waals surface area contributed by atoms with E-state index in [-0.39, 0.29) is 18.5 Å². The maximum Gasteiger partial charge on any atom is 0.317 e. The lowest BCUT2D eigenvalue weighted by Gasteiger charge is -2.16. The first-order valence-electron chi connectivity index (χ1n) is 4.81. The van der Waals surface area contributed by atoms with E-state index < -0.39 is 0 Å². The number of urea groups is 1. The van der Waals surface area contributed by atoms with Gasteiger partial charge in [0.05, 0.1) is 0 Å². The summed E-state index contributed by atoms with van der Waals surface area (Å²) in [5.74, 6) is -0.168. The van der Waals surface area contributed by atoms with E-state index in [2.05, 4.69) is 17.6 Å². The number of hydrogen-bond acceptors (Lipinski definition) is 2. The van der Waals surface area contributed by atoms with Crippen molar-refractivity contribution in [3.63, 3.8) is 0 Å². The van der Waals surface area contributed by atoms with Gasteiger partial charge in [0, 0.05) is 20.6 Å². The SMILES string of the molecule is CCCCNC(=O)N(C)CC(=O)NC. The summed E-state index contributed by atoms with van der Waals surface area (Å²) in [6, 6.07) is -0.206. The summed E-state index contributed by atoms with van der Waals surface area (Å²) < 4.78 is 0. The summed E-state index contributed by atoms with van der Waals surface area (Å²) in [6.45, 7) is 2.81. The lowest BCUT2D eigenvalue weighted by Crippen LogP contribution is -2.42. The molecule has 0 aliphatic rings. The summed E-state index contributed by atoms with van der Waals surface area (Å²) in [5, 5.41) is 5.18. The minimum atomic E-state index is -0.206. The van der Waals surface area contributed by atoms with Crippen molar-refractivity contribution in [2.24, 2.45) is 0 Å². The van der Waals surface area contributed by atoms with Crippen LogP contribution in [0.5, 0.6) is 0 Å². The third kappa shape index (κ3) is 5.40. The number of likely N-dealkylation sites (N-methyl/N-ethyl adjacent to an activating group) is 2. The monoisotopic (exact) mass is 201 g/mol. The van der Waals surface area contributed by atoms with Crippen LogP contribution in [-0.4, -0.2) is 44.0 Å². The molecule has 0 radical (unpaired) electrons. The fourth-order valence-electron chi connectivity index (χ4n) is 0.873. The Labute approximate surface area is 84.8 Å². The average Bonchev–Trinajstić information content (AvgIpc) is 2.17. The Hall–Kier alpha value is -1.26. The maximum absolute atomic E-state index is 11.3. The van der Waals surface area contributed by atoms with Crippen LogP contribution in [0.3, 0.4) is 0 Å². The Morgan fingerprint density at radius 3 is 2.50 bits per heavy atom. The molecule has 0 aromatic heterocycles. The first-order valence-corrected chi connectivity index (χ1v) is 4.81. The molecular formula is C9H19N3O2. The van der Waals surface area contributed by atoms with Gasteiger partial charge in [0.25, 0.3) is 0 Å². The first-order chi connectivity index (χ1) is 6.61. The molecule has 0 spiro atoms. The zero-order chi connectivity index (χ0) is 11.0. The summed E-state index contributed by atoms with van der Waals surface area (Å²) in [5.41, 5.74) is 0. The molecule has 0 heterocycles. The van der Waals surface area contributed by atoms with Gasteiger partial charge in [-0.25, -0.2) is 4.79 Å². The number of hydrogen-bond donors (Lipinski definition) is 2. The Morgan fingerprint density at radius 2 is 2.00 bits per heavy atom. The van der Waals surface area contributed by atoms with Crippen LogP contribution >= 0.6 is 0 Å². The highest BCUT2D eigenvalue weighted by atomic mass is 16.2. The van der Waals surface area contributed by atoms with Gasteiger partial charge in [-0.2, -0.15) is 0 Å². The standard InChI is InChI=1S/C9H19N3O2/c1-4-5-6-11-9(14)12(3)7-8(13)10-2/h4-7H2,1-3H3,(H,10,13)(H,11,14). The minimum Gasteiger partial charge on any atom is -0.358 e. The van der Waals surface area contributed by atoms with Gasteiger partial charge in [0.15, 0.2) is 0 Å². The molecule has 0 aliphatic heterocycles. The summed E-state index contributed by atoms with van der Waals surface area (Å²) >= 11 is 0. The molecular weight excluding hydrogens is 182 g/mol. The van der Waals surface area contributed by atoms with Crippen LogP contribution in [0.25, 0.3) is 0 Å².